The lowest BCUT2D eigenvalue weighted by Crippen LogP contribution is -2.43. The molecule has 4 nitrogen and oxygen atoms in total. The summed E-state index contributed by atoms with van der Waals surface area (Å²) < 4.78 is 0. The molecule has 0 aromatic carbocycles. The van der Waals surface area contributed by atoms with Crippen molar-refractivity contribution >= 4 is 23.1 Å². The highest BCUT2D eigenvalue weighted by Gasteiger charge is 2.23. The third-order valence-corrected chi connectivity index (χ3v) is 4.01. The highest BCUT2D eigenvalue weighted by atomic mass is 35.5. The summed E-state index contributed by atoms with van der Waals surface area (Å²) >= 11 is 6.20. The average molecular weight is 269 g/mol. The summed E-state index contributed by atoms with van der Waals surface area (Å²) in [5.41, 5.74) is 6.28. The number of nitrogens with two attached hydrogens (primary N) is 1. The number of nitrogens with zero attached hydrogens (tertiary/aromatic N) is 3. The molecule has 1 saturated heterocycles. The highest BCUT2D eigenvalue weighted by molar-refractivity contribution is 6.33. The molecule has 1 aliphatic rings. The Hall–Kier alpha value is -1.00. The standard InChI is InChI=1S/C13H21ClN4/c1-3-18-6-4-11(5-7-18)17(2)13-12(14)8-10(15)9-16-13/h8-9,11H,3-7,15H2,1-2H3. The van der Waals surface area contributed by atoms with Gasteiger partial charge in [0, 0.05) is 26.2 Å². The number of anilines is 2. The molecular weight excluding hydrogens is 248 g/mol. The van der Waals surface area contributed by atoms with Crippen LogP contribution in [0.1, 0.15) is 19.8 Å². The van der Waals surface area contributed by atoms with Gasteiger partial charge in [0.15, 0.2) is 0 Å². The molecule has 5 heteroatoms. The molecule has 0 amide bonds. The van der Waals surface area contributed by atoms with E-state index in [1.807, 2.05) is 0 Å². The van der Waals surface area contributed by atoms with Crippen molar-refractivity contribution in [3.8, 4) is 0 Å². The van der Waals surface area contributed by atoms with Crippen LogP contribution in [-0.4, -0.2) is 42.6 Å². The molecule has 1 aromatic rings. The molecule has 2 rings (SSSR count). The Labute approximate surface area is 114 Å². The Morgan fingerprint density at radius 3 is 2.72 bits per heavy atom. The second-order valence-corrected chi connectivity index (χ2v) is 5.26. The maximum Gasteiger partial charge on any atom is 0.147 e. The Kier molecular flexibility index (Phi) is 4.30. The van der Waals surface area contributed by atoms with Gasteiger partial charge in [0.25, 0.3) is 0 Å². The Morgan fingerprint density at radius 1 is 1.50 bits per heavy atom. The first kappa shape index (κ1) is 13.4. The van der Waals surface area contributed by atoms with E-state index in [-0.39, 0.29) is 0 Å². The summed E-state index contributed by atoms with van der Waals surface area (Å²) in [5, 5.41) is 0.635. The van der Waals surface area contributed by atoms with Gasteiger partial charge >= 0.3 is 0 Å². The van der Waals surface area contributed by atoms with Crippen molar-refractivity contribution in [3.63, 3.8) is 0 Å². The fraction of sp³-hybridized carbons (Fsp3) is 0.615. The Bertz CT molecular complexity index is 402. The van der Waals surface area contributed by atoms with Gasteiger partial charge in [-0.2, -0.15) is 0 Å². The van der Waals surface area contributed by atoms with E-state index < -0.39 is 0 Å². The van der Waals surface area contributed by atoms with Crippen LogP contribution in [0.3, 0.4) is 0 Å². The topological polar surface area (TPSA) is 45.4 Å². The normalized spacial score (nSPS) is 17.9. The van der Waals surface area contributed by atoms with Crippen LogP contribution in [0.2, 0.25) is 5.02 Å². The number of likely N-dealkylation sites (tertiary alicyclic amines) is 1. The maximum atomic E-state index is 6.20. The fourth-order valence-electron chi connectivity index (χ4n) is 2.50. The van der Waals surface area contributed by atoms with Crippen molar-refractivity contribution in [1.29, 1.82) is 0 Å². The van der Waals surface area contributed by atoms with Crippen LogP contribution < -0.4 is 10.6 Å². The third kappa shape index (κ3) is 2.87. The van der Waals surface area contributed by atoms with Gasteiger partial charge in [-0.05, 0) is 25.5 Å². The molecule has 0 radical (unpaired) electrons. The van der Waals surface area contributed by atoms with Gasteiger partial charge in [0.2, 0.25) is 0 Å². The van der Waals surface area contributed by atoms with Gasteiger partial charge in [0.05, 0.1) is 16.9 Å². The molecule has 1 aliphatic heterocycles. The number of halogens is 1. The minimum atomic E-state index is 0.515. The van der Waals surface area contributed by atoms with E-state index >= 15 is 0 Å². The number of hydrogen-bond acceptors (Lipinski definition) is 4. The van der Waals surface area contributed by atoms with Crippen LogP contribution in [0.4, 0.5) is 11.5 Å². The molecule has 100 valence electrons. The SMILES string of the molecule is CCN1CCC(N(C)c2ncc(N)cc2Cl)CC1. The Morgan fingerprint density at radius 2 is 2.17 bits per heavy atom. The lowest BCUT2D eigenvalue weighted by atomic mass is 10.0. The number of piperidine rings is 1. The van der Waals surface area contributed by atoms with Gasteiger partial charge in [-0.25, -0.2) is 4.98 Å². The van der Waals surface area contributed by atoms with Gasteiger partial charge in [0.1, 0.15) is 5.82 Å². The van der Waals surface area contributed by atoms with Crippen molar-refractivity contribution in [2.75, 3.05) is 37.3 Å². The van der Waals surface area contributed by atoms with E-state index in [9.17, 15) is 0 Å². The number of nitrogen functional groups attached to an aromatic ring is 1. The molecule has 2 heterocycles. The second-order valence-electron chi connectivity index (χ2n) is 4.85. The molecule has 0 spiro atoms. The highest BCUT2D eigenvalue weighted by Crippen LogP contribution is 2.28. The van der Waals surface area contributed by atoms with Crippen molar-refractivity contribution in [3.05, 3.63) is 17.3 Å². The van der Waals surface area contributed by atoms with Gasteiger partial charge in [-0.15, -0.1) is 0 Å². The molecule has 0 aliphatic carbocycles. The first-order valence-corrected chi connectivity index (χ1v) is 6.85. The lowest BCUT2D eigenvalue weighted by Gasteiger charge is -2.37. The summed E-state index contributed by atoms with van der Waals surface area (Å²) in [6.07, 6.45) is 3.98. The molecule has 2 N–H and O–H groups in total. The molecule has 0 bridgehead atoms. The van der Waals surface area contributed by atoms with Crippen molar-refractivity contribution in [2.45, 2.75) is 25.8 Å². The van der Waals surface area contributed by atoms with Gasteiger partial charge < -0.3 is 15.5 Å². The minimum Gasteiger partial charge on any atom is -0.397 e. The first-order valence-electron chi connectivity index (χ1n) is 6.48. The maximum absolute atomic E-state index is 6.20. The summed E-state index contributed by atoms with van der Waals surface area (Å²) in [4.78, 5) is 9.01. The van der Waals surface area contributed by atoms with Gasteiger partial charge in [-0.1, -0.05) is 18.5 Å². The Balaban J connectivity index is 2.05. The van der Waals surface area contributed by atoms with Crippen molar-refractivity contribution in [2.24, 2.45) is 0 Å². The zero-order valence-corrected chi connectivity index (χ0v) is 11.8. The van der Waals surface area contributed by atoms with Crippen LogP contribution in [-0.2, 0) is 0 Å². The molecular formula is C13H21ClN4. The quantitative estimate of drug-likeness (QED) is 0.913. The largest absolute Gasteiger partial charge is 0.397 e. The van der Waals surface area contributed by atoms with Crippen LogP contribution in [0.5, 0.6) is 0 Å². The monoisotopic (exact) mass is 268 g/mol. The molecule has 0 unspecified atom stereocenters. The van der Waals surface area contributed by atoms with E-state index in [0.29, 0.717) is 16.8 Å². The smallest absolute Gasteiger partial charge is 0.147 e. The zero-order chi connectivity index (χ0) is 13.1. The van der Waals surface area contributed by atoms with E-state index in [2.05, 4.69) is 28.8 Å². The lowest BCUT2D eigenvalue weighted by molar-refractivity contribution is 0.220. The average Bonchev–Trinajstić information content (AvgIpc) is 2.38. The van der Waals surface area contributed by atoms with E-state index in [0.717, 1.165) is 38.3 Å². The van der Waals surface area contributed by atoms with Gasteiger partial charge in [-0.3, -0.25) is 0 Å². The summed E-state index contributed by atoms with van der Waals surface area (Å²) in [7, 11) is 2.07. The van der Waals surface area contributed by atoms with E-state index in [1.165, 1.54) is 0 Å². The van der Waals surface area contributed by atoms with Crippen LogP contribution in [0, 0.1) is 0 Å². The zero-order valence-electron chi connectivity index (χ0n) is 11.1. The minimum absolute atomic E-state index is 0.515. The molecule has 0 saturated carbocycles. The van der Waals surface area contributed by atoms with Crippen LogP contribution in [0.25, 0.3) is 0 Å². The molecule has 1 fully saturated rings. The summed E-state index contributed by atoms with van der Waals surface area (Å²) in [6, 6.07) is 2.28. The van der Waals surface area contributed by atoms with Crippen molar-refractivity contribution < 1.29 is 0 Å². The van der Waals surface area contributed by atoms with Crippen LogP contribution in [0.15, 0.2) is 12.3 Å². The molecule has 0 atom stereocenters. The first-order chi connectivity index (χ1) is 8.61. The van der Waals surface area contributed by atoms with E-state index in [1.54, 1.807) is 12.3 Å². The summed E-state index contributed by atoms with van der Waals surface area (Å²) in [6.45, 7) is 5.65. The molecule has 18 heavy (non-hydrogen) atoms. The van der Waals surface area contributed by atoms with Crippen LogP contribution >= 0.6 is 11.6 Å². The van der Waals surface area contributed by atoms with Crippen molar-refractivity contribution in [1.82, 2.24) is 9.88 Å². The number of aromatic nitrogens is 1. The van der Waals surface area contributed by atoms with E-state index in [4.69, 9.17) is 17.3 Å². The fourth-order valence-corrected chi connectivity index (χ4v) is 2.81. The predicted molar refractivity (Wildman–Crippen MR) is 77.2 cm³/mol. The number of rotatable bonds is 3. The number of hydrogen-bond donors (Lipinski definition) is 1. The summed E-state index contributed by atoms with van der Waals surface area (Å²) in [5.74, 6) is 0.834. The second kappa shape index (κ2) is 5.76. The molecule has 1 aromatic heterocycles. The predicted octanol–water partition coefficient (Wildman–Crippen LogP) is 2.24. The third-order valence-electron chi connectivity index (χ3n) is 3.73. The number of pyridine rings is 1.